The number of fused-ring (bicyclic) bond motifs is 2. The molecule has 2 heteroatoms. The first kappa shape index (κ1) is 19.0. The summed E-state index contributed by atoms with van der Waals surface area (Å²) in [6.45, 7) is 12.3. The van der Waals surface area contributed by atoms with E-state index in [4.69, 9.17) is 10.2 Å². The second kappa shape index (κ2) is 10.8. The van der Waals surface area contributed by atoms with Gasteiger partial charge in [-0.3, -0.25) is 0 Å². The van der Waals surface area contributed by atoms with E-state index in [1.807, 2.05) is 41.5 Å². The molecule has 0 aromatic rings. The molecule has 104 valence electrons. The maximum atomic E-state index is 9.14. The molecule has 0 amide bonds. The van der Waals surface area contributed by atoms with Gasteiger partial charge in [0.05, 0.1) is 13.2 Å². The van der Waals surface area contributed by atoms with Crippen LogP contribution in [0.1, 0.15) is 54.4 Å². The quantitative estimate of drug-likeness (QED) is 0.728. The third-order valence-corrected chi connectivity index (χ3v) is 3.26. The van der Waals surface area contributed by atoms with Crippen LogP contribution in [0.3, 0.4) is 0 Å². The van der Waals surface area contributed by atoms with E-state index in [-0.39, 0.29) is 18.6 Å². The first-order valence-corrected chi connectivity index (χ1v) is 7.21. The van der Waals surface area contributed by atoms with Crippen LogP contribution in [0.15, 0.2) is 12.2 Å². The average Bonchev–Trinajstić information content (AvgIpc) is 3.06. The monoisotopic (exact) mass is 244 g/mol. The van der Waals surface area contributed by atoms with Gasteiger partial charge in [-0.25, -0.2) is 0 Å². The number of aliphatic hydroxyl groups excluding tert-OH is 2. The van der Waals surface area contributed by atoms with Crippen molar-refractivity contribution in [3.63, 3.8) is 0 Å². The molecule has 2 aliphatic carbocycles. The summed E-state index contributed by atoms with van der Waals surface area (Å²) >= 11 is 0. The van der Waals surface area contributed by atoms with Crippen molar-refractivity contribution in [1.82, 2.24) is 0 Å². The molecular formula is C15H32O2. The van der Waals surface area contributed by atoms with Crippen LogP contribution in [-0.2, 0) is 0 Å². The molecule has 0 aromatic carbocycles. The smallest absolute Gasteiger partial charge is 0.0515 e. The third-order valence-electron chi connectivity index (χ3n) is 3.26. The standard InChI is InChI=1S/C9H14O2.3C2H6/c10-5-9(6-11)4-7-1-2-8(9)3-7;3*1-2/h1-2,7-8,10-11H,3-6H2;3*1-2H3. The second-order valence-electron chi connectivity index (χ2n) is 3.87. The summed E-state index contributed by atoms with van der Waals surface area (Å²) in [5.74, 6) is 1.06. The van der Waals surface area contributed by atoms with Crippen LogP contribution < -0.4 is 0 Å². The predicted molar refractivity (Wildman–Crippen MR) is 76.0 cm³/mol. The molecule has 1 saturated carbocycles. The highest BCUT2D eigenvalue weighted by Crippen LogP contribution is 2.51. The molecule has 2 N–H and O–H groups in total. The van der Waals surface area contributed by atoms with Crippen LogP contribution in [0.4, 0.5) is 0 Å². The lowest BCUT2D eigenvalue weighted by molar-refractivity contribution is 0.0335. The summed E-state index contributed by atoms with van der Waals surface area (Å²) in [5, 5.41) is 18.3. The molecule has 2 rings (SSSR count). The summed E-state index contributed by atoms with van der Waals surface area (Å²) in [6, 6.07) is 0. The van der Waals surface area contributed by atoms with Crippen LogP contribution in [0, 0.1) is 17.3 Å². The Morgan fingerprint density at radius 1 is 0.941 bits per heavy atom. The Bertz CT molecular complexity index is 183. The fraction of sp³-hybridized carbons (Fsp3) is 0.867. The van der Waals surface area contributed by atoms with E-state index in [0.717, 1.165) is 12.8 Å². The van der Waals surface area contributed by atoms with Crippen LogP contribution >= 0.6 is 0 Å². The summed E-state index contributed by atoms with van der Waals surface area (Å²) in [7, 11) is 0. The van der Waals surface area contributed by atoms with Gasteiger partial charge in [0.1, 0.15) is 0 Å². The van der Waals surface area contributed by atoms with Gasteiger partial charge in [-0.15, -0.1) is 0 Å². The lowest BCUT2D eigenvalue weighted by Gasteiger charge is -2.31. The van der Waals surface area contributed by atoms with E-state index in [0.29, 0.717) is 11.8 Å². The number of aliphatic hydroxyl groups is 2. The minimum atomic E-state index is -0.181. The van der Waals surface area contributed by atoms with Crippen molar-refractivity contribution in [2.45, 2.75) is 54.4 Å². The molecule has 2 aliphatic rings. The van der Waals surface area contributed by atoms with Crippen molar-refractivity contribution in [2.24, 2.45) is 17.3 Å². The van der Waals surface area contributed by atoms with E-state index in [9.17, 15) is 0 Å². The number of hydrogen-bond donors (Lipinski definition) is 2. The zero-order chi connectivity index (χ0) is 13.9. The maximum Gasteiger partial charge on any atom is 0.0515 e. The first-order valence-electron chi connectivity index (χ1n) is 7.21. The van der Waals surface area contributed by atoms with Crippen molar-refractivity contribution in [1.29, 1.82) is 0 Å². The fourth-order valence-electron chi connectivity index (χ4n) is 2.47. The van der Waals surface area contributed by atoms with Gasteiger partial charge in [0.25, 0.3) is 0 Å². The van der Waals surface area contributed by atoms with E-state index < -0.39 is 0 Å². The Morgan fingerprint density at radius 2 is 1.41 bits per heavy atom. The minimum Gasteiger partial charge on any atom is -0.396 e. The summed E-state index contributed by atoms with van der Waals surface area (Å²) in [5.41, 5.74) is -0.181. The maximum absolute atomic E-state index is 9.14. The van der Waals surface area contributed by atoms with Crippen LogP contribution in [0.25, 0.3) is 0 Å². The van der Waals surface area contributed by atoms with Gasteiger partial charge in [0.15, 0.2) is 0 Å². The molecule has 0 saturated heterocycles. The predicted octanol–water partition coefficient (Wildman–Crippen LogP) is 3.63. The number of allylic oxidation sites excluding steroid dienone is 2. The Balaban J connectivity index is 0. The summed E-state index contributed by atoms with van der Waals surface area (Å²) < 4.78 is 0. The SMILES string of the molecule is CC.CC.CC.OCC1(CO)CC2C=CC1C2. The van der Waals surface area contributed by atoms with Crippen molar-refractivity contribution in [3.8, 4) is 0 Å². The molecule has 2 bridgehead atoms. The van der Waals surface area contributed by atoms with Gasteiger partial charge >= 0.3 is 0 Å². The zero-order valence-electron chi connectivity index (χ0n) is 12.5. The topological polar surface area (TPSA) is 40.5 Å². The van der Waals surface area contributed by atoms with E-state index in [1.165, 1.54) is 0 Å². The highest BCUT2D eigenvalue weighted by molar-refractivity contribution is 5.15. The minimum absolute atomic E-state index is 0.134. The third kappa shape index (κ3) is 4.44. The fourth-order valence-corrected chi connectivity index (χ4v) is 2.47. The van der Waals surface area contributed by atoms with Crippen LogP contribution in [-0.4, -0.2) is 23.4 Å². The first-order chi connectivity index (χ1) is 8.30. The van der Waals surface area contributed by atoms with Gasteiger partial charge in [-0.2, -0.15) is 0 Å². The normalized spacial score (nSPS) is 25.9. The Morgan fingerprint density at radius 3 is 1.59 bits per heavy atom. The van der Waals surface area contributed by atoms with Gasteiger partial charge in [0.2, 0.25) is 0 Å². The zero-order valence-corrected chi connectivity index (χ0v) is 12.5. The van der Waals surface area contributed by atoms with Crippen molar-refractivity contribution in [3.05, 3.63) is 12.2 Å². The Labute approximate surface area is 108 Å². The molecular weight excluding hydrogens is 212 g/mol. The van der Waals surface area contributed by atoms with Gasteiger partial charge in [-0.1, -0.05) is 53.7 Å². The van der Waals surface area contributed by atoms with Gasteiger partial charge < -0.3 is 10.2 Å². The molecule has 0 spiro atoms. The van der Waals surface area contributed by atoms with Gasteiger partial charge in [0, 0.05) is 5.41 Å². The number of rotatable bonds is 2. The van der Waals surface area contributed by atoms with Gasteiger partial charge in [-0.05, 0) is 24.7 Å². The number of hydrogen-bond acceptors (Lipinski definition) is 2. The van der Waals surface area contributed by atoms with Crippen molar-refractivity contribution in [2.75, 3.05) is 13.2 Å². The Hall–Kier alpha value is -0.340. The molecule has 17 heavy (non-hydrogen) atoms. The second-order valence-corrected chi connectivity index (χ2v) is 3.87. The van der Waals surface area contributed by atoms with Crippen LogP contribution in [0.2, 0.25) is 0 Å². The molecule has 2 unspecified atom stereocenters. The van der Waals surface area contributed by atoms with Crippen molar-refractivity contribution < 1.29 is 10.2 Å². The average molecular weight is 244 g/mol. The lowest BCUT2D eigenvalue weighted by Crippen LogP contribution is -2.33. The van der Waals surface area contributed by atoms with E-state index in [2.05, 4.69) is 12.2 Å². The van der Waals surface area contributed by atoms with E-state index >= 15 is 0 Å². The van der Waals surface area contributed by atoms with Crippen molar-refractivity contribution >= 4 is 0 Å². The highest BCUT2D eigenvalue weighted by Gasteiger charge is 2.47. The molecule has 0 radical (unpaired) electrons. The van der Waals surface area contributed by atoms with E-state index in [1.54, 1.807) is 0 Å². The molecule has 2 nitrogen and oxygen atoms in total. The lowest BCUT2D eigenvalue weighted by atomic mass is 9.77. The molecule has 0 aromatic heterocycles. The molecule has 0 aliphatic heterocycles. The molecule has 0 heterocycles. The largest absolute Gasteiger partial charge is 0.396 e. The highest BCUT2D eigenvalue weighted by atomic mass is 16.3. The molecule has 2 atom stereocenters. The summed E-state index contributed by atoms with van der Waals surface area (Å²) in [4.78, 5) is 0. The molecule has 1 fully saturated rings. The summed E-state index contributed by atoms with van der Waals surface area (Å²) in [6.07, 6.45) is 6.48. The Kier molecular flexibility index (Phi) is 12.1. The van der Waals surface area contributed by atoms with Crippen LogP contribution in [0.5, 0.6) is 0 Å².